The van der Waals surface area contributed by atoms with Gasteiger partial charge in [-0.15, -0.1) is 22.7 Å². The van der Waals surface area contributed by atoms with Crippen LogP contribution >= 0.6 is 61.2 Å². The van der Waals surface area contributed by atoms with Crippen LogP contribution in [0.4, 0.5) is 5.69 Å². The molecule has 2 heterocycles. The Kier molecular flexibility index (Phi) is 4.36. The fourth-order valence-electron chi connectivity index (χ4n) is 2.05. The first-order chi connectivity index (χ1) is 10.1. The molecule has 0 radical (unpaired) electrons. The summed E-state index contributed by atoms with van der Waals surface area (Å²) in [6, 6.07) is 12.4. The number of nitrogens with two attached hydrogens (primary N) is 1. The van der Waals surface area contributed by atoms with E-state index in [0.717, 1.165) is 28.9 Å². The lowest BCUT2D eigenvalue weighted by molar-refractivity contribution is 1.52. The van der Waals surface area contributed by atoms with Crippen molar-refractivity contribution < 1.29 is 0 Å². The van der Waals surface area contributed by atoms with Crippen LogP contribution in [-0.4, -0.2) is 0 Å². The molecular weight excluding hydrogens is 479 g/mol. The number of rotatable bonds is 2. The molecule has 0 aliphatic heterocycles. The van der Waals surface area contributed by atoms with Crippen LogP contribution in [0.25, 0.3) is 20.9 Å². The second kappa shape index (κ2) is 6.08. The van der Waals surface area contributed by atoms with Crippen LogP contribution in [-0.2, 0) is 0 Å². The topological polar surface area (TPSA) is 49.8 Å². The van der Waals surface area contributed by atoms with Gasteiger partial charge in [0.05, 0.1) is 5.69 Å². The molecule has 0 saturated heterocycles. The van der Waals surface area contributed by atoms with Gasteiger partial charge in [0.15, 0.2) is 0 Å². The first-order valence-corrected chi connectivity index (χ1v) is 9.50. The smallest absolute Gasteiger partial charge is 0.129 e. The van der Waals surface area contributed by atoms with Gasteiger partial charge in [0.2, 0.25) is 0 Å². The van der Waals surface area contributed by atoms with E-state index in [2.05, 4.69) is 50.7 Å². The van der Waals surface area contributed by atoms with E-state index in [1.54, 1.807) is 11.3 Å². The average Bonchev–Trinajstić information content (AvgIpc) is 3.08. The molecule has 0 atom stereocenters. The maximum atomic E-state index is 9.30. The van der Waals surface area contributed by atoms with E-state index in [4.69, 9.17) is 5.73 Å². The van der Waals surface area contributed by atoms with Crippen LogP contribution in [0, 0.1) is 14.9 Å². The highest BCUT2D eigenvalue weighted by Gasteiger charge is 2.21. The number of nitrogen functional groups attached to an aromatic ring is 1. The predicted molar refractivity (Wildman–Crippen MR) is 103 cm³/mol. The average molecular weight is 487 g/mol. The van der Waals surface area contributed by atoms with E-state index in [-0.39, 0.29) is 0 Å². The minimum atomic E-state index is 0.569. The molecular formula is C15H8BrIN2S2. The van der Waals surface area contributed by atoms with Crippen LogP contribution < -0.4 is 5.73 Å². The molecule has 0 aliphatic rings. The van der Waals surface area contributed by atoms with Gasteiger partial charge in [0.25, 0.3) is 0 Å². The number of anilines is 1. The van der Waals surface area contributed by atoms with Crippen LogP contribution in [0.5, 0.6) is 0 Å². The Morgan fingerprint density at radius 1 is 1.29 bits per heavy atom. The number of thiophene rings is 2. The molecule has 6 heteroatoms. The van der Waals surface area contributed by atoms with Gasteiger partial charge < -0.3 is 5.73 Å². The molecule has 0 unspecified atom stereocenters. The van der Waals surface area contributed by atoms with Crippen LogP contribution in [0.2, 0.25) is 0 Å². The van der Waals surface area contributed by atoms with E-state index < -0.39 is 0 Å². The number of hydrogen-bond donors (Lipinski definition) is 1. The van der Waals surface area contributed by atoms with Gasteiger partial charge in [-0.3, -0.25) is 0 Å². The molecule has 0 aliphatic carbocycles. The van der Waals surface area contributed by atoms with Crippen molar-refractivity contribution >= 4 is 66.9 Å². The molecule has 104 valence electrons. The Labute approximate surface area is 152 Å². The van der Waals surface area contributed by atoms with Crippen molar-refractivity contribution in [2.45, 2.75) is 0 Å². The number of halogens is 2. The summed E-state index contributed by atoms with van der Waals surface area (Å²) in [7, 11) is 0. The van der Waals surface area contributed by atoms with E-state index in [0.29, 0.717) is 10.6 Å². The van der Waals surface area contributed by atoms with E-state index in [1.807, 2.05) is 29.6 Å². The van der Waals surface area contributed by atoms with E-state index in [9.17, 15) is 5.26 Å². The number of nitriles is 1. The Balaban J connectivity index is 2.33. The molecule has 1 aromatic carbocycles. The molecule has 21 heavy (non-hydrogen) atoms. The van der Waals surface area contributed by atoms with Crippen molar-refractivity contribution in [3.05, 3.63) is 48.6 Å². The zero-order chi connectivity index (χ0) is 15.0. The van der Waals surface area contributed by atoms with Crippen LogP contribution in [0.3, 0.4) is 0 Å². The van der Waals surface area contributed by atoms with Gasteiger partial charge in [0.1, 0.15) is 10.9 Å². The summed E-state index contributed by atoms with van der Waals surface area (Å²) >= 11 is 8.97. The SMILES string of the molecule is N#Cc1sc(-c2cc(I)ccc2Br)c(-c2cccs2)c1N. The van der Waals surface area contributed by atoms with Crippen molar-refractivity contribution in [1.82, 2.24) is 0 Å². The molecule has 3 aromatic rings. The third kappa shape index (κ3) is 2.75. The summed E-state index contributed by atoms with van der Waals surface area (Å²) in [6.45, 7) is 0. The van der Waals surface area contributed by atoms with Crippen molar-refractivity contribution in [2.75, 3.05) is 5.73 Å². The fraction of sp³-hybridized carbons (Fsp3) is 0. The fourth-order valence-corrected chi connectivity index (χ4v) is 5.04. The van der Waals surface area contributed by atoms with Gasteiger partial charge in [-0.25, -0.2) is 0 Å². The predicted octanol–water partition coefficient (Wildman–Crippen LogP) is 5.96. The molecule has 0 spiro atoms. The van der Waals surface area contributed by atoms with Gasteiger partial charge in [-0.1, -0.05) is 22.0 Å². The molecule has 2 N–H and O–H groups in total. The highest BCUT2D eigenvalue weighted by molar-refractivity contribution is 14.1. The second-order valence-electron chi connectivity index (χ2n) is 4.26. The van der Waals surface area contributed by atoms with E-state index in [1.165, 1.54) is 11.3 Å². The number of hydrogen-bond acceptors (Lipinski definition) is 4. The molecule has 3 rings (SSSR count). The minimum Gasteiger partial charge on any atom is -0.396 e. The summed E-state index contributed by atoms with van der Waals surface area (Å²) in [4.78, 5) is 2.70. The van der Waals surface area contributed by atoms with Gasteiger partial charge in [-0.2, -0.15) is 5.26 Å². The standard InChI is InChI=1S/C15H8BrIN2S2/c16-10-4-3-8(17)6-9(10)15-13(11-2-1-5-20-11)14(19)12(7-18)21-15/h1-6H,19H2. The Bertz CT molecular complexity index is 847. The molecule has 2 nitrogen and oxygen atoms in total. The molecule has 0 saturated carbocycles. The lowest BCUT2D eigenvalue weighted by Gasteiger charge is -2.06. The zero-order valence-corrected chi connectivity index (χ0v) is 15.9. The minimum absolute atomic E-state index is 0.569. The third-order valence-corrected chi connectivity index (χ3v) is 6.38. The summed E-state index contributed by atoms with van der Waals surface area (Å²) in [6.07, 6.45) is 0. The summed E-state index contributed by atoms with van der Waals surface area (Å²) in [5.41, 5.74) is 8.82. The first-order valence-electron chi connectivity index (χ1n) is 5.93. The second-order valence-corrected chi connectivity index (χ2v) is 8.33. The highest BCUT2D eigenvalue weighted by Crippen LogP contribution is 2.48. The molecule has 2 aromatic heterocycles. The first kappa shape index (κ1) is 15.0. The quantitative estimate of drug-likeness (QED) is 0.454. The van der Waals surface area contributed by atoms with Gasteiger partial charge in [-0.05, 0) is 52.2 Å². The lowest BCUT2D eigenvalue weighted by Crippen LogP contribution is -1.88. The van der Waals surface area contributed by atoms with Gasteiger partial charge >= 0.3 is 0 Å². The summed E-state index contributed by atoms with van der Waals surface area (Å²) in [5.74, 6) is 0. The lowest BCUT2D eigenvalue weighted by atomic mass is 10.1. The molecule has 0 fully saturated rings. The van der Waals surface area contributed by atoms with E-state index >= 15 is 0 Å². The Morgan fingerprint density at radius 2 is 2.10 bits per heavy atom. The maximum Gasteiger partial charge on any atom is 0.129 e. The normalized spacial score (nSPS) is 10.5. The highest BCUT2D eigenvalue weighted by atomic mass is 127. The van der Waals surface area contributed by atoms with Crippen molar-refractivity contribution in [1.29, 1.82) is 5.26 Å². The molecule has 0 amide bonds. The number of benzene rings is 1. The van der Waals surface area contributed by atoms with Crippen molar-refractivity contribution in [3.63, 3.8) is 0 Å². The Hall–Kier alpha value is -0.880. The summed E-state index contributed by atoms with van der Waals surface area (Å²) < 4.78 is 2.15. The largest absolute Gasteiger partial charge is 0.396 e. The zero-order valence-electron chi connectivity index (χ0n) is 10.6. The monoisotopic (exact) mass is 486 g/mol. The van der Waals surface area contributed by atoms with Crippen LogP contribution in [0.1, 0.15) is 4.88 Å². The van der Waals surface area contributed by atoms with Crippen LogP contribution in [0.15, 0.2) is 40.2 Å². The number of nitrogens with zero attached hydrogens (tertiary/aromatic N) is 1. The van der Waals surface area contributed by atoms with Crippen molar-refractivity contribution in [2.24, 2.45) is 0 Å². The maximum absolute atomic E-state index is 9.30. The van der Waals surface area contributed by atoms with Crippen molar-refractivity contribution in [3.8, 4) is 27.0 Å². The molecule has 0 bridgehead atoms. The Morgan fingerprint density at radius 3 is 2.76 bits per heavy atom. The van der Waals surface area contributed by atoms with Gasteiger partial charge in [0, 0.05) is 28.9 Å². The third-order valence-electron chi connectivity index (χ3n) is 2.99. The summed E-state index contributed by atoms with van der Waals surface area (Å²) in [5, 5.41) is 11.3.